The van der Waals surface area contributed by atoms with E-state index in [1.54, 1.807) is 0 Å². The highest BCUT2D eigenvalue weighted by Crippen LogP contribution is 2.35. The van der Waals surface area contributed by atoms with Crippen LogP contribution in [0.3, 0.4) is 0 Å². The van der Waals surface area contributed by atoms with Crippen LogP contribution in [0, 0.1) is 0 Å². The second-order valence-electron chi connectivity index (χ2n) is 5.67. The van der Waals surface area contributed by atoms with Crippen LogP contribution in [0.2, 0.25) is 0 Å². The minimum absolute atomic E-state index is 0.0935. The fourth-order valence-corrected chi connectivity index (χ4v) is 3.35. The van der Waals surface area contributed by atoms with E-state index in [1.807, 2.05) is 54.6 Å². The molecule has 1 N–H and O–H groups in total. The third-order valence-electron chi connectivity index (χ3n) is 3.79. The fraction of sp³-hybridized carbons (Fsp3) is 0.105. The second kappa shape index (κ2) is 7.98. The topological polar surface area (TPSA) is 73.3 Å². The molecular weight excluding hydrogens is 430 g/mol. The molecule has 1 aliphatic heterocycles. The molecule has 0 bridgehead atoms. The third-order valence-corrected chi connectivity index (χ3v) is 5.24. The molecule has 0 radical (unpaired) electrons. The number of hydrogen-bond acceptors (Lipinski definition) is 6. The number of anilines is 1. The SMILES string of the molecule is O=C(CSc1ccc(-c2ccc3c(c2)OCO3)nn1)Nc1ccc(Br)cc1. The molecule has 0 unspecified atom stereocenters. The number of carbonyl (C=O) groups is 1. The van der Waals surface area contributed by atoms with Crippen molar-refractivity contribution in [3.8, 4) is 22.8 Å². The average Bonchev–Trinajstić information content (AvgIpc) is 3.16. The van der Waals surface area contributed by atoms with Crippen LogP contribution in [-0.4, -0.2) is 28.7 Å². The van der Waals surface area contributed by atoms with Gasteiger partial charge >= 0.3 is 0 Å². The van der Waals surface area contributed by atoms with Crippen molar-refractivity contribution < 1.29 is 14.3 Å². The number of thioether (sulfide) groups is 1. The lowest BCUT2D eigenvalue weighted by Crippen LogP contribution is -2.14. The number of carbonyl (C=O) groups excluding carboxylic acids is 1. The van der Waals surface area contributed by atoms with Gasteiger partial charge in [-0.15, -0.1) is 10.2 Å². The quantitative estimate of drug-likeness (QED) is 0.590. The van der Waals surface area contributed by atoms with Crippen molar-refractivity contribution in [3.63, 3.8) is 0 Å². The van der Waals surface area contributed by atoms with Gasteiger partial charge in [-0.1, -0.05) is 27.7 Å². The molecule has 8 heteroatoms. The fourth-order valence-electron chi connectivity index (χ4n) is 2.48. The predicted molar refractivity (Wildman–Crippen MR) is 107 cm³/mol. The van der Waals surface area contributed by atoms with Gasteiger partial charge in [-0.25, -0.2) is 0 Å². The molecule has 2 aromatic carbocycles. The van der Waals surface area contributed by atoms with Crippen LogP contribution >= 0.6 is 27.7 Å². The van der Waals surface area contributed by atoms with Crippen molar-refractivity contribution in [1.82, 2.24) is 10.2 Å². The van der Waals surface area contributed by atoms with Crippen molar-refractivity contribution in [3.05, 3.63) is 59.1 Å². The van der Waals surface area contributed by atoms with Crippen LogP contribution in [0.4, 0.5) is 5.69 Å². The molecule has 1 aliphatic rings. The van der Waals surface area contributed by atoms with Gasteiger partial charge in [0.2, 0.25) is 12.7 Å². The van der Waals surface area contributed by atoms with Gasteiger partial charge in [0.15, 0.2) is 11.5 Å². The molecule has 1 aromatic heterocycles. The van der Waals surface area contributed by atoms with E-state index in [-0.39, 0.29) is 18.5 Å². The molecule has 0 atom stereocenters. The van der Waals surface area contributed by atoms with Gasteiger partial charge < -0.3 is 14.8 Å². The van der Waals surface area contributed by atoms with Crippen LogP contribution in [0.15, 0.2) is 64.1 Å². The van der Waals surface area contributed by atoms with Crippen molar-refractivity contribution in [2.45, 2.75) is 5.03 Å². The Morgan fingerprint density at radius 3 is 2.63 bits per heavy atom. The number of amides is 1. The molecule has 6 nitrogen and oxygen atoms in total. The molecule has 0 saturated carbocycles. The molecule has 0 fully saturated rings. The van der Waals surface area contributed by atoms with E-state index >= 15 is 0 Å². The average molecular weight is 444 g/mol. The number of nitrogens with one attached hydrogen (secondary N) is 1. The summed E-state index contributed by atoms with van der Waals surface area (Å²) in [6.07, 6.45) is 0. The summed E-state index contributed by atoms with van der Waals surface area (Å²) in [5.41, 5.74) is 2.39. The second-order valence-corrected chi connectivity index (χ2v) is 7.58. The summed E-state index contributed by atoms with van der Waals surface area (Å²) >= 11 is 4.70. The predicted octanol–water partition coefficient (Wildman–Crippen LogP) is 4.37. The maximum absolute atomic E-state index is 12.0. The van der Waals surface area contributed by atoms with Gasteiger partial charge in [0.25, 0.3) is 0 Å². The van der Waals surface area contributed by atoms with Gasteiger partial charge in [-0.2, -0.15) is 0 Å². The van der Waals surface area contributed by atoms with E-state index in [0.717, 1.165) is 27.2 Å². The van der Waals surface area contributed by atoms with Crippen LogP contribution in [0.1, 0.15) is 0 Å². The smallest absolute Gasteiger partial charge is 0.234 e. The molecule has 1 amide bonds. The lowest BCUT2D eigenvalue weighted by Gasteiger charge is -2.05. The number of fused-ring (bicyclic) bond motifs is 1. The minimum atomic E-state index is -0.0935. The van der Waals surface area contributed by atoms with E-state index in [0.29, 0.717) is 10.8 Å². The first-order valence-electron chi connectivity index (χ1n) is 8.09. The van der Waals surface area contributed by atoms with Crippen molar-refractivity contribution in [1.29, 1.82) is 0 Å². The molecule has 3 aromatic rings. The normalized spacial score (nSPS) is 12.0. The van der Waals surface area contributed by atoms with E-state index in [1.165, 1.54) is 11.8 Å². The highest BCUT2D eigenvalue weighted by molar-refractivity contribution is 9.10. The summed E-state index contributed by atoms with van der Waals surface area (Å²) in [7, 11) is 0. The molecule has 27 heavy (non-hydrogen) atoms. The van der Waals surface area contributed by atoms with Gasteiger partial charge in [-0.05, 0) is 54.6 Å². The van der Waals surface area contributed by atoms with Gasteiger partial charge in [0.1, 0.15) is 5.03 Å². The number of nitrogens with zero attached hydrogens (tertiary/aromatic N) is 2. The van der Waals surface area contributed by atoms with E-state index in [2.05, 4.69) is 31.4 Å². The number of hydrogen-bond donors (Lipinski definition) is 1. The van der Waals surface area contributed by atoms with Crippen molar-refractivity contribution >= 4 is 39.3 Å². The van der Waals surface area contributed by atoms with Gasteiger partial charge in [-0.3, -0.25) is 4.79 Å². The molecule has 136 valence electrons. The number of benzene rings is 2. The van der Waals surface area contributed by atoms with Crippen LogP contribution in [0.25, 0.3) is 11.3 Å². The Kier molecular flexibility index (Phi) is 5.26. The van der Waals surface area contributed by atoms with Gasteiger partial charge in [0, 0.05) is 15.7 Å². The lowest BCUT2D eigenvalue weighted by molar-refractivity contribution is -0.113. The first-order valence-corrected chi connectivity index (χ1v) is 9.87. The number of ether oxygens (including phenoxy) is 2. The minimum Gasteiger partial charge on any atom is -0.454 e. The van der Waals surface area contributed by atoms with Crippen LogP contribution < -0.4 is 14.8 Å². The maximum atomic E-state index is 12.0. The zero-order valence-electron chi connectivity index (χ0n) is 14.0. The number of rotatable bonds is 5. The zero-order valence-corrected chi connectivity index (χ0v) is 16.4. The highest BCUT2D eigenvalue weighted by Gasteiger charge is 2.14. The Hall–Kier alpha value is -2.58. The van der Waals surface area contributed by atoms with E-state index in [9.17, 15) is 4.79 Å². The molecular formula is C19H14BrN3O3S. The van der Waals surface area contributed by atoms with Crippen LogP contribution in [0.5, 0.6) is 11.5 Å². The Bertz CT molecular complexity index is 965. The number of aromatic nitrogens is 2. The summed E-state index contributed by atoms with van der Waals surface area (Å²) in [6.45, 7) is 0.238. The highest BCUT2D eigenvalue weighted by atomic mass is 79.9. The molecule has 4 rings (SSSR count). The maximum Gasteiger partial charge on any atom is 0.234 e. The first kappa shape index (κ1) is 17.8. The third kappa shape index (κ3) is 4.40. The zero-order chi connectivity index (χ0) is 18.6. The van der Waals surface area contributed by atoms with E-state index < -0.39 is 0 Å². The van der Waals surface area contributed by atoms with E-state index in [4.69, 9.17) is 9.47 Å². The summed E-state index contributed by atoms with van der Waals surface area (Å²) in [5, 5.41) is 12.0. The Labute approximate surface area is 168 Å². The molecule has 2 heterocycles. The van der Waals surface area contributed by atoms with Crippen LogP contribution in [-0.2, 0) is 4.79 Å². The van der Waals surface area contributed by atoms with Crippen molar-refractivity contribution in [2.75, 3.05) is 17.9 Å². The summed E-state index contributed by atoms with van der Waals surface area (Å²) in [4.78, 5) is 12.0. The summed E-state index contributed by atoms with van der Waals surface area (Å²) < 4.78 is 11.7. The Morgan fingerprint density at radius 2 is 1.85 bits per heavy atom. The molecule has 0 spiro atoms. The first-order chi connectivity index (χ1) is 13.2. The molecule has 0 aliphatic carbocycles. The summed E-state index contributed by atoms with van der Waals surface area (Å²) in [6, 6.07) is 16.8. The summed E-state index contributed by atoms with van der Waals surface area (Å²) in [5.74, 6) is 1.60. The lowest BCUT2D eigenvalue weighted by atomic mass is 10.1. The number of halogens is 1. The van der Waals surface area contributed by atoms with Gasteiger partial charge in [0.05, 0.1) is 11.4 Å². The van der Waals surface area contributed by atoms with Crippen molar-refractivity contribution in [2.24, 2.45) is 0 Å². The molecule has 0 saturated heterocycles. The Balaban J connectivity index is 1.35. The Morgan fingerprint density at radius 1 is 1.04 bits per heavy atom. The monoisotopic (exact) mass is 443 g/mol. The standard InChI is InChI=1S/C19H14BrN3O3S/c20-13-2-4-14(5-3-13)21-18(24)10-27-19-8-6-15(22-23-19)12-1-7-16-17(9-12)26-11-25-16/h1-9H,10-11H2,(H,21,24). The largest absolute Gasteiger partial charge is 0.454 e.